The van der Waals surface area contributed by atoms with Crippen molar-refractivity contribution >= 4 is 21.8 Å². The van der Waals surface area contributed by atoms with Crippen LogP contribution in [0.5, 0.6) is 5.75 Å². The molecule has 0 radical (unpaired) electrons. The van der Waals surface area contributed by atoms with Crippen LogP contribution in [-0.2, 0) is 11.3 Å². The van der Waals surface area contributed by atoms with Crippen LogP contribution in [-0.4, -0.2) is 36.1 Å². The fourth-order valence-corrected chi connectivity index (χ4v) is 2.87. The summed E-state index contributed by atoms with van der Waals surface area (Å²) in [4.78, 5) is 14.3. The van der Waals surface area contributed by atoms with Crippen molar-refractivity contribution in [3.8, 4) is 5.75 Å². The van der Waals surface area contributed by atoms with Crippen molar-refractivity contribution in [3.05, 3.63) is 52.4 Å². The van der Waals surface area contributed by atoms with Crippen LogP contribution in [0.25, 0.3) is 0 Å². The van der Waals surface area contributed by atoms with Gasteiger partial charge in [-0.25, -0.2) is 0 Å². The van der Waals surface area contributed by atoms with E-state index < -0.39 is 0 Å². The standard InChI is InChI=1S/C18H20BrNO4/c1-18(2)12-20(9-10-23-18)17(21)16-8-7-15(24-16)11-22-14-5-3-13(19)4-6-14/h3-8H,9-12H2,1-2H3. The molecule has 0 N–H and O–H groups in total. The van der Waals surface area contributed by atoms with Gasteiger partial charge in [-0.2, -0.15) is 0 Å². The zero-order valence-electron chi connectivity index (χ0n) is 13.8. The van der Waals surface area contributed by atoms with E-state index in [0.717, 1.165) is 10.2 Å². The summed E-state index contributed by atoms with van der Waals surface area (Å²) in [5, 5.41) is 0. The summed E-state index contributed by atoms with van der Waals surface area (Å²) in [7, 11) is 0. The van der Waals surface area contributed by atoms with Gasteiger partial charge < -0.3 is 18.8 Å². The maximum Gasteiger partial charge on any atom is 0.289 e. The SMILES string of the molecule is CC1(C)CN(C(=O)c2ccc(COc3ccc(Br)cc3)o2)CCO1. The third kappa shape index (κ3) is 4.19. The number of hydrogen-bond acceptors (Lipinski definition) is 4. The summed E-state index contributed by atoms with van der Waals surface area (Å²) in [6, 6.07) is 11.0. The molecule has 6 heteroatoms. The van der Waals surface area contributed by atoms with E-state index in [9.17, 15) is 4.79 Å². The second-order valence-corrected chi connectivity index (χ2v) is 7.26. The molecule has 24 heavy (non-hydrogen) atoms. The minimum Gasteiger partial charge on any atom is -0.486 e. The Hall–Kier alpha value is -1.79. The van der Waals surface area contributed by atoms with Crippen LogP contribution in [0.1, 0.15) is 30.2 Å². The number of furan rings is 1. The van der Waals surface area contributed by atoms with Gasteiger partial charge in [-0.1, -0.05) is 15.9 Å². The first-order chi connectivity index (χ1) is 11.4. The summed E-state index contributed by atoms with van der Waals surface area (Å²) in [5.41, 5.74) is -0.325. The molecule has 0 unspecified atom stereocenters. The molecule has 0 aliphatic carbocycles. The lowest BCUT2D eigenvalue weighted by Crippen LogP contribution is -2.50. The zero-order valence-corrected chi connectivity index (χ0v) is 15.3. The Kier molecular flexibility index (Phi) is 4.96. The van der Waals surface area contributed by atoms with Gasteiger partial charge in [-0.3, -0.25) is 4.79 Å². The molecule has 3 rings (SSSR count). The molecule has 1 aromatic carbocycles. The van der Waals surface area contributed by atoms with Gasteiger partial charge in [0.15, 0.2) is 5.76 Å². The van der Waals surface area contributed by atoms with E-state index in [2.05, 4.69) is 15.9 Å². The maximum absolute atomic E-state index is 12.5. The summed E-state index contributed by atoms with van der Waals surface area (Å²) in [6.07, 6.45) is 0. The summed E-state index contributed by atoms with van der Waals surface area (Å²) >= 11 is 3.38. The van der Waals surface area contributed by atoms with Crippen LogP contribution < -0.4 is 4.74 Å². The highest BCUT2D eigenvalue weighted by Crippen LogP contribution is 2.21. The largest absolute Gasteiger partial charge is 0.486 e. The van der Waals surface area contributed by atoms with E-state index in [1.54, 1.807) is 17.0 Å². The van der Waals surface area contributed by atoms with E-state index in [0.29, 0.717) is 31.2 Å². The smallest absolute Gasteiger partial charge is 0.289 e. The molecule has 1 amide bonds. The molecule has 2 heterocycles. The van der Waals surface area contributed by atoms with E-state index >= 15 is 0 Å². The van der Waals surface area contributed by atoms with Crippen molar-refractivity contribution in [3.63, 3.8) is 0 Å². The average Bonchev–Trinajstić information content (AvgIpc) is 3.01. The number of rotatable bonds is 4. The highest BCUT2D eigenvalue weighted by molar-refractivity contribution is 9.10. The minimum atomic E-state index is -0.325. The predicted octanol–water partition coefficient (Wildman–Crippen LogP) is 3.87. The van der Waals surface area contributed by atoms with Crippen molar-refractivity contribution in [1.82, 2.24) is 4.90 Å². The Balaban J connectivity index is 1.60. The molecular weight excluding hydrogens is 374 g/mol. The third-order valence-corrected chi connectivity index (χ3v) is 4.31. The number of halogens is 1. The van der Waals surface area contributed by atoms with E-state index in [1.807, 2.05) is 38.1 Å². The van der Waals surface area contributed by atoms with Gasteiger partial charge in [0, 0.05) is 17.6 Å². The Morgan fingerprint density at radius 3 is 2.71 bits per heavy atom. The third-order valence-electron chi connectivity index (χ3n) is 3.78. The summed E-state index contributed by atoms with van der Waals surface area (Å²) < 4.78 is 17.9. The van der Waals surface area contributed by atoms with Gasteiger partial charge in [0.05, 0.1) is 12.2 Å². The molecule has 1 saturated heterocycles. The number of benzene rings is 1. The molecule has 0 spiro atoms. The lowest BCUT2D eigenvalue weighted by atomic mass is 10.1. The van der Waals surface area contributed by atoms with Crippen molar-refractivity contribution in [2.75, 3.05) is 19.7 Å². The first kappa shape index (κ1) is 17.0. The van der Waals surface area contributed by atoms with Crippen LogP contribution in [0.15, 0.2) is 45.3 Å². The van der Waals surface area contributed by atoms with Crippen LogP contribution in [0.4, 0.5) is 0 Å². The molecule has 1 aliphatic heterocycles. The summed E-state index contributed by atoms with van der Waals surface area (Å²) in [5.74, 6) is 1.59. The monoisotopic (exact) mass is 393 g/mol. The average molecular weight is 394 g/mol. The lowest BCUT2D eigenvalue weighted by molar-refractivity contribution is -0.0769. The molecule has 0 atom stereocenters. The Bertz CT molecular complexity index is 708. The Morgan fingerprint density at radius 2 is 2.00 bits per heavy atom. The fraction of sp³-hybridized carbons (Fsp3) is 0.389. The number of hydrogen-bond donors (Lipinski definition) is 0. The number of ether oxygens (including phenoxy) is 2. The van der Waals surface area contributed by atoms with Gasteiger partial charge >= 0.3 is 0 Å². The van der Waals surface area contributed by atoms with Crippen molar-refractivity contribution in [1.29, 1.82) is 0 Å². The topological polar surface area (TPSA) is 51.9 Å². The first-order valence-corrected chi connectivity index (χ1v) is 8.63. The molecule has 1 fully saturated rings. The second kappa shape index (κ2) is 6.99. The number of morpholine rings is 1. The van der Waals surface area contributed by atoms with Crippen LogP contribution >= 0.6 is 15.9 Å². The van der Waals surface area contributed by atoms with Gasteiger partial charge in [0.1, 0.15) is 18.1 Å². The highest BCUT2D eigenvalue weighted by Gasteiger charge is 2.31. The zero-order chi connectivity index (χ0) is 17.2. The molecule has 1 aromatic heterocycles. The lowest BCUT2D eigenvalue weighted by Gasteiger charge is -2.37. The van der Waals surface area contributed by atoms with E-state index in [1.165, 1.54) is 0 Å². The second-order valence-electron chi connectivity index (χ2n) is 6.34. The van der Waals surface area contributed by atoms with Gasteiger partial charge in [0.25, 0.3) is 5.91 Å². The quantitative estimate of drug-likeness (QED) is 0.790. The molecule has 128 valence electrons. The predicted molar refractivity (Wildman–Crippen MR) is 93.1 cm³/mol. The van der Waals surface area contributed by atoms with Crippen LogP contribution in [0, 0.1) is 0 Å². The van der Waals surface area contributed by atoms with Gasteiger partial charge in [0.2, 0.25) is 0 Å². The molecule has 1 aliphatic rings. The molecular formula is C18H20BrNO4. The first-order valence-electron chi connectivity index (χ1n) is 7.83. The maximum atomic E-state index is 12.5. The highest BCUT2D eigenvalue weighted by atomic mass is 79.9. The van der Waals surface area contributed by atoms with Crippen LogP contribution in [0.2, 0.25) is 0 Å². The summed E-state index contributed by atoms with van der Waals surface area (Å²) in [6.45, 7) is 5.91. The van der Waals surface area contributed by atoms with E-state index in [-0.39, 0.29) is 18.1 Å². The van der Waals surface area contributed by atoms with Crippen LogP contribution in [0.3, 0.4) is 0 Å². The minimum absolute atomic E-state index is 0.110. The van der Waals surface area contributed by atoms with Crippen molar-refractivity contribution < 1.29 is 18.7 Å². The molecule has 0 bridgehead atoms. The van der Waals surface area contributed by atoms with Gasteiger partial charge in [-0.15, -0.1) is 0 Å². The van der Waals surface area contributed by atoms with Crippen molar-refractivity contribution in [2.24, 2.45) is 0 Å². The molecule has 0 saturated carbocycles. The van der Waals surface area contributed by atoms with Crippen molar-refractivity contribution in [2.45, 2.75) is 26.1 Å². The Labute approximate surface area is 149 Å². The Morgan fingerprint density at radius 1 is 1.25 bits per heavy atom. The number of nitrogens with zero attached hydrogens (tertiary/aromatic N) is 1. The normalized spacial score (nSPS) is 16.9. The number of carbonyl (C=O) groups excluding carboxylic acids is 1. The van der Waals surface area contributed by atoms with E-state index in [4.69, 9.17) is 13.9 Å². The molecule has 5 nitrogen and oxygen atoms in total. The molecule has 2 aromatic rings. The van der Waals surface area contributed by atoms with Gasteiger partial charge in [-0.05, 0) is 50.2 Å². The fourth-order valence-electron chi connectivity index (χ4n) is 2.60. The number of carbonyl (C=O) groups is 1. The number of amides is 1.